The third kappa shape index (κ3) is 2120. The Labute approximate surface area is 58.9 Å². The Morgan fingerprint density at radius 1 is 1.33 bits per heavy atom. The first kappa shape index (κ1) is 15.9. The average molecular weight is 132 g/mol. The van der Waals surface area contributed by atoms with Crippen molar-refractivity contribution in [2.24, 2.45) is 11.5 Å². The Kier molecular flexibility index (Phi) is 44.7. The van der Waals surface area contributed by atoms with Gasteiger partial charge in [0.1, 0.15) is 0 Å². The van der Waals surface area contributed by atoms with Gasteiger partial charge in [-0.2, -0.15) is 0 Å². The maximum atomic E-state index is 5.11. The van der Waals surface area contributed by atoms with E-state index in [1.54, 1.807) is 0 Å². The SMILES string of the molecule is C=C.CC(C)N.CCN. The summed E-state index contributed by atoms with van der Waals surface area (Å²) in [6.45, 7) is 12.5. The summed E-state index contributed by atoms with van der Waals surface area (Å²) in [5.41, 5.74) is 9.96. The fraction of sp³-hybridized carbons (Fsp3) is 0.714. The second-order valence-corrected chi connectivity index (χ2v) is 1.65. The molecule has 4 N–H and O–H groups in total. The first-order valence-corrected chi connectivity index (χ1v) is 3.10. The zero-order chi connectivity index (χ0) is 8.28. The summed E-state index contributed by atoms with van der Waals surface area (Å²) in [5, 5.41) is 0. The van der Waals surface area contributed by atoms with Gasteiger partial charge in [0.2, 0.25) is 0 Å². The Morgan fingerprint density at radius 3 is 1.33 bits per heavy atom. The molecule has 2 nitrogen and oxygen atoms in total. The second kappa shape index (κ2) is 25.4. The van der Waals surface area contributed by atoms with Crippen LogP contribution in [-0.4, -0.2) is 12.6 Å². The van der Waals surface area contributed by atoms with Crippen molar-refractivity contribution >= 4 is 0 Å². The molecule has 0 aromatic heterocycles. The third-order valence-electron chi connectivity index (χ3n) is 0. The van der Waals surface area contributed by atoms with Gasteiger partial charge in [-0.1, -0.05) is 20.8 Å². The van der Waals surface area contributed by atoms with E-state index in [4.69, 9.17) is 11.5 Å². The van der Waals surface area contributed by atoms with E-state index in [1.807, 2.05) is 20.8 Å². The van der Waals surface area contributed by atoms with Crippen LogP contribution in [0.3, 0.4) is 0 Å². The van der Waals surface area contributed by atoms with Crippen molar-refractivity contribution in [3.8, 4) is 0 Å². The highest BCUT2D eigenvalue weighted by Crippen LogP contribution is 1.58. The van der Waals surface area contributed by atoms with Crippen LogP contribution in [0.2, 0.25) is 0 Å². The van der Waals surface area contributed by atoms with Gasteiger partial charge in [-0.05, 0) is 12.6 Å². The molecule has 0 aliphatic rings. The van der Waals surface area contributed by atoms with E-state index in [1.165, 1.54) is 0 Å². The minimum atomic E-state index is 0.333. The summed E-state index contributed by atoms with van der Waals surface area (Å²) in [6, 6.07) is 0.333. The van der Waals surface area contributed by atoms with Gasteiger partial charge in [0.15, 0.2) is 0 Å². The monoisotopic (exact) mass is 132 g/mol. The molecule has 0 unspecified atom stereocenters. The zero-order valence-corrected chi connectivity index (χ0v) is 6.85. The van der Waals surface area contributed by atoms with Crippen molar-refractivity contribution in [2.45, 2.75) is 26.8 Å². The molecular formula is C7H20N2. The Balaban J connectivity index is -0.0000000646. The molecule has 0 saturated carbocycles. The van der Waals surface area contributed by atoms with Crippen LogP contribution in [0.5, 0.6) is 0 Å². The van der Waals surface area contributed by atoms with E-state index in [2.05, 4.69) is 13.2 Å². The van der Waals surface area contributed by atoms with Gasteiger partial charge in [0.05, 0.1) is 0 Å². The first-order valence-electron chi connectivity index (χ1n) is 3.10. The van der Waals surface area contributed by atoms with Crippen LogP contribution in [0.1, 0.15) is 20.8 Å². The molecule has 58 valence electrons. The van der Waals surface area contributed by atoms with Crippen LogP contribution in [0.4, 0.5) is 0 Å². The van der Waals surface area contributed by atoms with Crippen molar-refractivity contribution in [1.82, 2.24) is 0 Å². The van der Waals surface area contributed by atoms with E-state index >= 15 is 0 Å². The highest BCUT2D eigenvalue weighted by atomic mass is 14.6. The fourth-order valence-electron chi connectivity index (χ4n) is 0. The molecule has 2 heteroatoms. The van der Waals surface area contributed by atoms with Crippen LogP contribution >= 0.6 is 0 Å². The van der Waals surface area contributed by atoms with E-state index in [0.29, 0.717) is 6.04 Å². The quantitative estimate of drug-likeness (QED) is 0.485. The third-order valence-corrected chi connectivity index (χ3v) is 0. The van der Waals surface area contributed by atoms with Crippen molar-refractivity contribution in [3.05, 3.63) is 13.2 Å². The maximum absolute atomic E-state index is 5.11. The molecule has 0 spiro atoms. The summed E-state index contributed by atoms with van der Waals surface area (Å²) in [7, 11) is 0. The van der Waals surface area contributed by atoms with E-state index < -0.39 is 0 Å². The first-order chi connectivity index (χ1) is 4.15. The topological polar surface area (TPSA) is 52.0 Å². The normalized spacial score (nSPS) is 6.44. The predicted molar refractivity (Wildman–Crippen MR) is 45.3 cm³/mol. The van der Waals surface area contributed by atoms with E-state index in [0.717, 1.165) is 6.54 Å². The van der Waals surface area contributed by atoms with Crippen LogP contribution in [0.15, 0.2) is 13.2 Å². The lowest BCUT2D eigenvalue weighted by molar-refractivity contribution is 0.834. The van der Waals surface area contributed by atoms with Gasteiger partial charge in [0, 0.05) is 0 Å². The summed E-state index contributed by atoms with van der Waals surface area (Å²) in [6.07, 6.45) is 0. The number of hydrogen-bond donors (Lipinski definition) is 2. The number of rotatable bonds is 0. The van der Waals surface area contributed by atoms with Crippen LogP contribution in [-0.2, 0) is 0 Å². The molecule has 0 radical (unpaired) electrons. The van der Waals surface area contributed by atoms with Gasteiger partial charge in [-0.15, -0.1) is 13.2 Å². The van der Waals surface area contributed by atoms with Crippen molar-refractivity contribution in [1.29, 1.82) is 0 Å². The highest BCUT2D eigenvalue weighted by Gasteiger charge is 1.67. The molecular weight excluding hydrogens is 112 g/mol. The molecule has 0 aliphatic carbocycles. The average Bonchev–Trinajstić information content (AvgIpc) is 1.71. The van der Waals surface area contributed by atoms with Crippen molar-refractivity contribution < 1.29 is 0 Å². The molecule has 0 amide bonds. The van der Waals surface area contributed by atoms with Crippen molar-refractivity contribution in [3.63, 3.8) is 0 Å². The Morgan fingerprint density at radius 2 is 1.33 bits per heavy atom. The molecule has 9 heavy (non-hydrogen) atoms. The minimum Gasteiger partial charge on any atom is -0.331 e. The molecule has 0 bridgehead atoms. The molecule has 0 atom stereocenters. The van der Waals surface area contributed by atoms with E-state index in [9.17, 15) is 0 Å². The smallest absolute Gasteiger partial charge is 0.00179 e. The maximum Gasteiger partial charge on any atom is -0.00179 e. The predicted octanol–water partition coefficient (Wildman–Crippen LogP) is 1.12. The summed E-state index contributed by atoms with van der Waals surface area (Å²) in [4.78, 5) is 0. The van der Waals surface area contributed by atoms with Crippen molar-refractivity contribution in [2.75, 3.05) is 6.54 Å². The molecule has 0 saturated heterocycles. The fourth-order valence-corrected chi connectivity index (χ4v) is 0. The lowest BCUT2D eigenvalue weighted by Crippen LogP contribution is -2.06. The molecule has 0 aliphatic heterocycles. The Bertz CT molecular complexity index is 25.3. The van der Waals surface area contributed by atoms with Crippen LogP contribution < -0.4 is 11.5 Å². The van der Waals surface area contributed by atoms with Gasteiger partial charge in [-0.3, -0.25) is 0 Å². The van der Waals surface area contributed by atoms with E-state index in [-0.39, 0.29) is 0 Å². The largest absolute Gasteiger partial charge is 0.331 e. The zero-order valence-electron chi connectivity index (χ0n) is 6.85. The lowest BCUT2D eigenvalue weighted by Gasteiger charge is -1.81. The second-order valence-electron chi connectivity index (χ2n) is 1.65. The summed E-state index contributed by atoms with van der Waals surface area (Å²) in [5.74, 6) is 0. The minimum absolute atomic E-state index is 0.333. The molecule has 0 fully saturated rings. The van der Waals surface area contributed by atoms with Crippen LogP contribution in [0.25, 0.3) is 0 Å². The van der Waals surface area contributed by atoms with Crippen LogP contribution in [0, 0.1) is 0 Å². The summed E-state index contributed by atoms with van der Waals surface area (Å²) >= 11 is 0. The van der Waals surface area contributed by atoms with Gasteiger partial charge < -0.3 is 11.5 Å². The lowest BCUT2D eigenvalue weighted by atomic mass is 10.5. The molecule has 0 heterocycles. The summed E-state index contributed by atoms with van der Waals surface area (Å²) < 4.78 is 0. The van der Waals surface area contributed by atoms with Gasteiger partial charge in [-0.25, -0.2) is 0 Å². The molecule has 0 rings (SSSR count). The number of nitrogens with two attached hydrogens (primary N) is 2. The molecule has 0 aromatic rings. The standard InChI is InChI=1S/C3H9N.C2H7N.C2H4/c1-3(2)4;1-2-3;1-2/h3H,4H2,1-2H3;2-3H2,1H3;1-2H2. The van der Waals surface area contributed by atoms with Gasteiger partial charge in [0.25, 0.3) is 0 Å². The number of hydrogen-bond acceptors (Lipinski definition) is 2. The highest BCUT2D eigenvalue weighted by molar-refractivity contribution is 4.32. The Hall–Kier alpha value is -0.340. The molecule has 0 aromatic carbocycles. The van der Waals surface area contributed by atoms with Gasteiger partial charge >= 0.3 is 0 Å².